The molecule has 3 heterocycles. The lowest BCUT2D eigenvalue weighted by atomic mass is 10.2. The molecule has 0 aliphatic carbocycles. The number of hydrogen-bond donors (Lipinski definition) is 1. The minimum Gasteiger partial charge on any atom is -0.322 e. The van der Waals surface area contributed by atoms with Crippen LogP contribution in [0.1, 0.15) is 38.7 Å². The highest BCUT2D eigenvalue weighted by molar-refractivity contribution is 9.10. The fraction of sp³-hybridized carbons (Fsp3) is 0.238. The number of carbonyl (C=O) groups excluding carboxylic acids is 1. The van der Waals surface area contributed by atoms with Crippen LogP contribution < -0.4 is 5.32 Å². The molecule has 1 N–H and O–H groups in total. The average Bonchev–Trinajstić information content (AvgIpc) is 3.19. The SMILES string of the molecule is Cc1cc(C)n2ncc(C(=O)Nc3cccc(Cn4nc(C)c(Br)c4C)c3)c2n1. The van der Waals surface area contributed by atoms with Crippen LogP contribution in [0.5, 0.6) is 0 Å². The van der Waals surface area contributed by atoms with Crippen molar-refractivity contribution in [2.45, 2.75) is 34.2 Å². The molecule has 0 aliphatic rings. The number of carbonyl (C=O) groups is 1. The zero-order chi connectivity index (χ0) is 20.7. The number of halogens is 1. The number of nitrogens with one attached hydrogen (secondary N) is 1. The maximum atomic E-state index is 12.9. The summed E-state index contributed by atoms with van der Waals surface area (Å²) in [5.74, 6) is -0.233. The predicted octanol–water partition coefficient (Wildman–Crippen LogP) is 4.22. The summed E-state index contributed by atoms with van der Waals surface area (Å²) in [5.41, 5.74) is 6.58. The zero-order valence-electron chi connectivity index (χ0n) is 16.7. The fourth-order valence-electron chi connectivity index (χ4n) is 3.38. The van der Waals surface area contributed by atoms with Gasteiger partial charge in [0.1, 0.15) is 5.56 Å². The topological polar surface area (TPSA) is 77.1 Å². The quantitative estimate of drug-likeness (QED) is 0.502. The maximum Gasteiger partial charge on any atom is 0.261 e. The zero-order valence-corrected chi connectivity index (χ0v) is 18.3. The number of hydrogen-bond acceptors (Lipinski definition) is 4. The van der Waals surface area contributed by atoms with Gasteiger partial charge in [0, 0.05) is 17.1 Å². The van der Waals surface area contributed by atoms with Crippen molar-refractivity contribution in [3.05, 3.63) is 74.9 Å². The molecule has 1 aromatic carbocycles. The molecular weight excluding hydrogens is 432 g/mol. The number of amides is 1. The van der Waals surface area contributed by atoms with Crippen LogP contribution in [0.2, 0.25) is 0 Å². The number of anilines is 1. The third kappa shape index (κ3) is 3.67. The molecule has 4 rings (SSSR count). The van der Waals surface area contributed by atoms with E-state index in [0.717, 1.165) is 38.5 Å². The van der Waals surface area contributed by atoms with E-state index in [4.69, 9.17) is 0 Å². The van der Waals surface area contributed by atoms with Gasteiger partial charge in [0.15, 0.2) is 5.65 Å². The van der Waals surface area contributed by atoms with Crippen molar-refractivity contribution in [1.82, 2.24) is 24.4 Å². The van der Waals surface area contributed by atoms with E-state index in [1.54, 1.807) is 10.7 Å². The summed E-state index contributed by atoms with van der Waals surface area (Å²) >= 11 is 3.56. The third-order valence-electron chi connectivity index (χ3n) is 4.83. The third-order valence-corrected chi connectivity index (χ3v) is 5.98. The number of aryl methyl sites for hydroxylation is 3. The van der Waals surface area contributed by atoms with E-state index in [2.05, 4.69) is 36.4 Å². The van der Waals surface area contributed by atoms with Gasteiger partial charge in [-0.25, -0.2) is 9.50 Å². The number of nitrogens with zero attached hydrogens (tertiary/aromatic N) is 5. The molecule has 8 heteroatoms. The van der Waals surface area contributed by atoms with Gasteiger partial charge in [0.25, 0.3) is 5.91 Å². The van der Waals surface area contributed by atoms with Gasteiger partial charge in [0.2, 0.25) is 0 Å². The highest BCUT2D eigenvalue weighted by Crippen LogP contribution is 2.22. The summed E-state index contributed by atoms with van der Waals surface area (Å²) in [5, 5.41) is 11.8. The summed E-state index contributed by atoms with van der Waals surface area (Å²) in [6, 6.07) is 9.70. The Labute approximate surface area is 176 Å². The molecule has 3 aromatic heterocycles. The number of rotatable bonds is 4. The van der Waals surface area contributed by atoms with Gasteiger partial charge in [-0.1, -0.05) is 12.1 Å². The molecule has 7 nitrogen and oxygen atoms in total. The van der Waals surface area contributed by atoms with Gasteiger partial charge in [0.05, 0.1) is 28.6 Å². The summed E-state index contributed by atoms with van der Waals surface area (Å²) in [6.07, 6.45) is 1.56. The molecule has 0 spiro atoms. The highest BCUT2D eigenvalue weighted by atomic mass is 79.9. The van der Waals surface area contributed by atoms with Crippen molar-refractivity contribution in [1.29, 1.82) is 0 Å². The Bertz CT molecular complexity index is 1240. The lowest BCUT2D eigenvalue weighted by Crippen LogP contribution is -2.13. The van der Waals surface area contributed by atoms with E-state index in [9.17, 15) is 4.79 Å². The first-order chi connectivity index (χ1) is 13.8. The first-order valence-electron chi connectivity index (χ1n) is 9.25. The summed E-state index contributed by atoms with van der Waals surface area (Å²) in [6.45, 7) is 8.47. The van der Waals surface area contributed by atoms with E-state index in [1.807, 2.05) is 62.7 Å². The molecule has 0 bridgehead atoms. The van der Waals surface area contributed by atoms with Crippen LogP contribution in [0.3, 0.4) is 0 Å². The second kappa shape index (κ2) is 7.44. The van der Waals surface area contributed by atoms with Crippen molar-refractivity contribution in [2.75, 3.05) is 5.32 Å². The largest absolute Gasteiger partial charge is 0.322 e. The lowest BCUT2D eigenvalue weighted by molar-refractivity contribution is 0.102. The van der Waals surface area contributed by atoms with Crippen LogP contribution in [0, 0.1) is 27.7 Å². The van der Waals surface area contributed by atoms with Crippen LogP contribution >= 0.6 is 15.9 Å². The normalized spacial score (nSPS) is 11.2. The molecule has 29 heavy (non-hydrogen) atoms. The van der Waals surface area contributed by atoms with E-state index < -0.39 is 0 Å². The number of benzene rings is 1. The second-order valence-electron chi connectivity index (χ2n) is 7.13. The van der Waals surface area contributed by atoms with Gasteiger partial charge < -0.3 is 5.32 Å². The van der Waals surface area contributed by atoms with Crippen LogP contribution in [-0.2, 0) is 6.54 Å². The van der Waals surface area contributed by atoms with Gasteiger partial charge in [-0.2, -0.15) is 10.2 Å². The molecule has 0 saturated carbocycles. The lowest BCUT2D eigenvalue weighted by Gasteiger charge is -2.09. The number of aromatic nitrogens is 5. The number of fused-ring (bicyclic) bond motifs is 1. The summed E-state index contributed by atoms with van der Waals surface area (Å²) in [4.78, 5) is 17.3. The molecule has 148 valence electrons. The van der Waals surface area contributed by atoms with Crippen LogP contribution in [0.4, 0.5) is 5.69 Å². The molecule has 0 fully saturated rings. The molecule has 0 atom stereocenters. The second-order valence-corrected chi connectivity index (χ2v) is 7.92. The van der Waals surface area contributed by atoms with Gasteiger partial charge in [-0.05, 0) is 67.4 Å². The van der Waals surface area contributed by atoms with Crippen LogP contribution in [0.25, 0.3) is 5.65 Å². The molecule has 0 radical (unpaired) electrons. The van der Waals surface area contributed by atoms with E-state index in [0.29, 0.717) is 17.8 Å². The summed E-state index contributed by atoms with van der Waals surface area (Å²) in [7, 11) is 0. The Morgan fingerprint density at radius 1 is 1.17 bits per heavy atom. The van der Waals surface area contributed by atoms with Gasteiger partial charge >= 0.3 is 0 Å². The van der Waals surface area contributed by atoms with Crippen LogP contribution in [0.15, 0.2) is 41.0 Å². The average molecular weight is 453 g/mol. The fourth-order valence-corrected chi connectivity index (χ4v) is 3.66. The Hall–Kier alpha value is -3.00. The molecule has 1 amide bonds. The Morgan fingerprint density at radius 2 is 1.97 bits per heavy atom. The molecule has 0 unspecified atom stereocenters. The standard InChI is InChI=1S/C21H21BrN6O/c1-12-8-13(2)28-20(24-12)18(10-23-28)21(29)25-17-7-5-6-16(9-17)11-27-15(4)19(22)14(3)26-27/h5-10H,11H2,1-4H3,(H,25,29). The van der Waals surface area contributed by atoms with Crippen LogP contribution in [-0.4, -0.2) is 30.3 Å². The molecule has 4 aromatic rings. The summed E-state index contributed by atoms with van der Waals surface area (Å²) < 4.78 is 4.65. The van der Waals surface area contributed by atoms with Crippen molar-refractivity contribution in [3.8, 4) is 0 Å². The Balaban J connectivity index is 1.58. The first kappa shape index (κ1) is 19.3. The highest BCUT2D eigenvalue weighted by Gasteiger charge is 2.16. The van der Waals surface area contributed by atoms with E-state index in [-0.39, 0.29) is 5.91 Å². The Morgan fingerprint density at radius 3 is 2.69 bits per heavy atom. The van der Waals surface area contributed by atoms with Gasteiger partial charge in [-0.15, -0.1) is 0 Å². The monoisotopic (exact) mass is 452 g/mol. The predicted molar refractivity (Wildman–Crippen MR) is 115 cm³/mol. The van der Waals surface area contributed by atoms with Crippen molar-refractivity contribution in [2.24, 2.45) is 0 Å². The van der Waals surface area contributed by atoms with Crippen molar-refractivity contribution >= 4 is 33.2 Å². The molecule has 0 saturated heterocycles. The maximum absolute atomic E-state index is 12.9. The van der Waals surface area contributed by atoms with Crippen molar-refractivity contribution in [3.63, 3.8) is 0 Å². The molecule has 0 aliphatic heterocycles. The van der Waals surface area contributed by atoms with E-state index >= 15 is 0 Å². The molecular formula is C21H21BrN6O. The van der Waals surface area contributed by atoms with Crippen molar-refractivity contribution < 1.29 is 4.79 Å². The van der Waals surface area contributed by atoms with E-state index in [1.165, 1.54) is 0 Å². The minimum atomic E-state index is -0.233. The Kier molecular flexibility index (Phi) is 4.96. The van der Waals surface area contributed by atoms with Gasteiger partial charge in [-0.3, -0.25) is 9.48 Å². The first-order valence-corrected chi connectivity index (χ1v) is 10.0. The minimum absolute atomic E-state index is 0.233. The smallest absolute Gasteiger partial charge is 0.261 e.